The lowest BCUT2D eigenvalue weighted by molar-refractivity contribution is 0.388. The Morgan fingerprint density at radius 2 is 2.10 bits per heavy atom. The average molecular weight is 141 g/mol. The Balaban J connectivity index is 3.20. The van der Waals surface area contributed by atoms with Gasteiger partial charge in [-0.05, 0) is 13.8 Å². The van der Waals surface area contributed by atoms with Crippen molar-refractivity contribution in [3.8, 4) is 0 Å². The normalized spacial score (nSPS) is 10.0. The lowest BCUT2D eigenvalue weighted by Crippen LogP contribution is -1.94. The zero-order chi connectivity index (χ0) is 7.72. The lowest BCUT2D eigenvalue weighted by Gasteiger charge is -1.96. The molecule has 0 fully saturated rings. The van der Waals surface area contributed by atoms with Crippen LogP contribution in [0.4, 0.5) is 5.69 Å². The van der Waals surface area contributed by atoms with Gasteiger partial charge in [0.1, 0.15) is 5.69 Å². The van der Waals surface area contributed by atoms with Gasteiger partial charge in [-0.25, -0.2) is 0 Å². The van der Waals surface area contributed by atoms with Gasteiger partial charge in [-0.15, -0.1) is 0 Å². The number of aromatic nitrogens is 2. The van der Waals surface area contributed by atoms with Crippen LogP contribution in [0.25, 0.3) is 0 Å². The van der Waals surface area contributed by atoms with E-state index in [1.165, 1.54) is 0 Å². The summed E-state index contributed by atoms with van der Waals surface area (Å²) in [7, 11) is 1.84. The molecule has 4 heteroatoms. The molecule has 0 bridgehead atoms. The second-order valence-electron chi connectivity index (χ2n) is 2.28. The van der Waals surface area contributed by atoms with Gasteiger partial charge >= 0.3 is 0 Å². The van der Waals surface area contributed by atoms with Gasteiger partial charge in [-0.2, -0.15) is 5.10 Å². The first kappa shape index (κ1) is 7.08. The van der Waals surface area contributed by atoms with Crippen molar-refractivity contribution in [3.05, 3.63) is 11.4 Å². The van der Waals surface area contributed by atoms with Crippen molar-refractivity contribution in [2.75, 3.05) is 5.48 Å². The van der Waals surface area contributed by atoms with Crippen LogP contribution in [-0.4, -0.2) is 15.0 Å². The highest BCUT2D eigenvalue weighted by atomic mass is 16.5. The number of rotatable bonds is 1. The van der Waals surface area contributed by atoms with Crippen molar-refractivity contribution < 1.29 is 5.21 Å². The van der Waals surface area contributed by atoms with Crippen molar-refractivity contribution >= 4 is 5.69 Å². The summed E-state index contributed by atoms with van der Waals surface area (Å²) in [5.74, 6) is 0. The molecule has 1 aromatic rings. The maximum atomic E-state index is 8.61. The molecule has 0 aliphatic heterocycles. The largest absolute Gasteiger partial charge is 0.291 e. The van der Waals surface area contributed by atoms with Crippen molar-refractivity contribution in [2.24, 2.45) is 7.05 Å². The van der Waals surface area contributed by atoms with Gasteiger partial charge in [0.05, 0.1) is 11.4 Å². The SMILES string of the molecule is Cc1nn(C)c(C)c1NO. The van der Waals surface area contributed by atoms with E-state index in [1.807, 2.05) is 20.9 Å². The lowest BCUT2D eigenvalue weighted by atomic mass is 10.3. The molecule has 0 aliphatic carbocycles. The molecule has 0 aliphatic rings. The molecule has 0 aromatic carbocycles. The predicted octanol–water partition coefficient (Wildman–Crippen LogP) is 0.838. The highest BCUT2D eigenvalue weighted by Gasteiger charge is 2.06. The topological polar surface area (TPSA) is 50.1 Å². The van der Waals surface area contributed by atoms with Crippen molar-refractivity contribution in [3.63, 3.8) is 0 Å². The third-order valence-electron chi connectivity index (χ3n) is 1.62. The molecule has 0 atom stereocenters. The summed E-state index contributed by atoms with van der Waals surface area (Å²) in [4.78, 5) is 0. The minimum absolute atomic E-state index is 0.697. The summed E-state index contributed by atoms with van der Waals surface area (Å²) in [6.07, 6.45) is 0. The van der Waals surface area contributed by atoms with Crippen molar-refractivity contribution in [1.82, 2.24) is 9.78 Å². The third-order valence-corrected chi connectivity index (χ3v) is 1.62. The summed E-state index contributed by atoms with van der Waals surface area (Å²) >= 11 is 0. The van der Waals surface area contributed by atoms with Gasteiger partial charge in [0.15, 0.2) is 0 Å². The number of anilines is 1. The summed E-state index contributed by atoms with van der Waals surface area (Å²) in [5, 5.41) is 12.7. The Bertz CT molecular complexity index is 241. The Morgan fingerprint density at radius 1 is 1.50 bits per heavy atom. The van der Waals surface area contributed by atoms with Crippen LogP contribution < -0.4 is 5.48 Å². The van der Waals surface area contributed by atoms with Crippen LogP contribution in [0.15, 0.2) is 0 Å². The summed E-state index contributed by atoms with van der Waals surface area (Å²) in [5.41, 5.74) is 4.54. The number of aryl methyl sites for hydroxylation is 2. The van der Waals surface area contributed by atoms with Crippen LogP contribution in [-0.2, 0) is 7.05 Å². The van der Waals surface area contributed by atoms with E-state index in [0.29, 0.717) is 5.69 Å². The number of nitrogens with zero attached hydrogens (tertiary/aromatic N) is 2. The van der Waals surface area contributed by atoms with Crippen LogP contribution in [0.5, 0.6) is 0 Å². The monoisotopic (exact) mass is 141 g/mol. The fourth-order valence-corrected chi connectivity index (χ4v) is 0.935. The zero-order valence-corrected chi connectivity index (χ0v) is 6.34. The number of hydrogen-bond acceptors (Lipinski definition) is 3. The van der Waals surface area contributed by atoms with Gasteiger partial charge in [-0.1, -0.05) is 0 Å². The zero-order valence-electron chi connectivity index (χ0n) is 6.34. The molecule has 56 valence electrons. The quantitative estimate of drug-likeness (QED) is 0.570. The summed E-state index contributed by atoms with van der Waals surface area (Å²) in [6, 6.07) is 0. The molecule has 2 N–H and O–H groups in total. The molecule has 0 saturated carbocycles. The van der Waals surface area contributed by atoms with Crippen molar-refractivity contribution in [2.45, 2.75) is 13.8 Å². The fraction of sp³-hybridized carbons (Fsp3) is 0.500. The Kier molecular flexibility index (Phi) is 1.63. The van der Waals surface area contributed by atoms with E-state index in [9.17, 15) is 0 Å². The van der Waals surface area contributed by atoms with Crippen LogP contribution >= 0.6 is 0 Å². The summed E-state index contributed by atoms with van der Waals surface area (Å²) < 4.78 is 1.72. The maximum Gasteiger partial charge on any atom is 0.104 e. The molecule has 0 saturated heterocycles. The van der Waals surface area contributed by atoms with Crippen LogP contribution in [0.1, 0.15) is 11.4 Å². The molecular formula is C6H11N3O. The molecule has 1 rings (SSSR count). The number of hydrogen-bond donors (Lipinski definition) is 2. The standard InChI is InChI=1S/C6H11N3O/c1-4-6(8-10)5(2)9(3)7-4/h8,10H,1-3H3. The second kappa shape index (κ2) is 2.30. The van der Waals surface area contributed by atoms with E-state index >= 15 is 0 Å². The van der Waals surface area contributed by atoms with E-state index in [4.69, 9.17) is 5.21 Å². The highest BCUT2D eigenvalue weighted by molar-refractivity contribution is 5.49. The molecule has 4 nitrogen and oxygen atoms in total. The molecule has 0 amide bonds. The molecule has 1 aromatic heterocycles. The number of nitrogens with one attached hydrogen (secondary N) is 1. The third kappa shape index (κ3) is 0.863. The highest BCUT2D eigenvalue weighted by Crippen LogP contribution is 2.16. The fourth-order valence-electron chi connectivity index (χ4n) is 0.935. The van der Waals surface area contributed by atoms with Gasteiger partial charge in [0, 0.05) is 7.05 Å². The molecular weight excluding hydrogens is 130 g/mol. The first-order chi connectivity index (χ1) is 4.66. The minimum Gasteiger partial charge on any atom is -0.291 e. The predicted molar refractivity (Wildman–Crippen MR) is 38.1 cm³/mol. The smallest absolute Gasteiger partial charge is 0.104 e. The van der Waals surface area contributed by atoms with E-state index < -0.39 is 0 Å². The van der Waals surface area contributed by atoms with Gasteiger partial charge < -0.3 is 0 Å². The molecule has 1 heterocycles. The average Bonchev–Trinajstić information content (AvgIpc) is 2.09. The second-order valence-corrected chi connectivity index (χ2v) is 2.28. The van der Waals surface area contributed by atoms with Gasteiger partial charge in [0.25, 0.3) is 0 Å². The van der Waals surface area contributed by atoms with Crippen LogP contribution in [0.3, 0.4) is 0 Å². The van der Waals surface area contributed by atoms with Crippen LogP contribution in [0, 0.1) is 13.8 Å². The Labute approximate surface area is 59.4 Å². The molecule has 0 spiro atoms. The molecule has 0 radical (unpaired) electrons. The van der Waals surface area contributed by atoms with E-state index in [-0.39, 0.29) is 0 Å². The van der Waals surface area contributed by atoms with E-state index in [2.05, 4.69) is 10.6 Å². The molecule has 0 unspecified atom stereocenters. The Hall–Kier alpha value is -1.03. The van der Waals surface area contributed by atoms with Crippen molar-refractivity contribution in [1.29, 1.82) is 0 Å². The first-order valence-electron chi connectivity index (χ1n) is 3.07. The Morgan fingerprint density at radius 3 is 2.30 bits per heavy atom. The molecule has 10 heavy (non-hydrogen) atoms. The maximum absolute atomic E-state index is 8.61. The van der Waals surface area contributed by atoms with Gasteiger partial charge in [-0.3, -0.25) is 15.4 Å². The van der Waals surface area contributed by atoms with E-state index in [1.54, 1.807) is 4.68 Å². The minimum atomic E-state index is 0.697. The van der Waals surface area contributed by atoms with E-state index in [0.717, 1.165) is 11.4 Å². The van der Waals surface area contributed by atoms with Gasteiger partial charge in [0.2, 0.25) is 0 Å². The van der Waals surface area contributed by atoms with Crippen LogP contribution in [0.2, 0.25) is 0 Å². The summed E-state index contributed by atoms with van der Waals surface area (Å²) in [6.45, 7) is 3.73. The first-order valence-corrected chi connectivity index (χ1v) is 3.07.